The minimum Gasteiger partial charge on any atom is -0.478 e. The summed E-state index contributed by atoms with van der Waals surface area (Å²) in [5, 5.41) is 12.3. The van der Waals surface area contributed by atoms with Crippen molar-refractivity contribution in [2.45, 2.75) is 13.0 Å². The van der Waals surface area contributed by atoms with Crippen molar-refractivity contribution in [2.24, 2.45) is 0 Å². The molecule has 2 rings (SSSR count). The third kappa shape index (κ3) is 2.77. The molecule has 90 valence electrons. The zero-order valence-corrected chi connectivity index (χ0v) is 10.6. The van der Waals surface area contributed by atoms with Gasteiger partial charge in [0.15, 0.2) is 0 Å². The third-order valence-electron chi connectivity index (χ3n) is 2.27. The molecule has 0 saturated heterocycles. The fourth-order valence-electron chi connectivity index (χ4n) is 1.53. The number of carboxylic acids is 1. The Morgan fingerprint density at radius 1 is 1.50 bits per heavy atom. The first-order valence-corrected chi connectivity index (χ1v) is 4.68. The standard InChI is InChI=1S/C9H9ClN2O2.2ClH/c10-8-5-3-11-2-1-7(5)12-4-6(8)9(13)14;;/h4,11H,1-3H2,(H,13,14);2*1H. The zero-order valence-electron chi connectivity index (χ0n) is 8.20. The summed E-state index contributed by atoms with van der Waals surface area (Å²) >= 11 is 5.96. The third-order valence-corrected chi connectivity index (χ3v) is 2.70. The van der Waals surface area contributed by atoms with E-state index in [2.05, 4.69) is 10.3 Å². The Morgan fingerprint density at radius 3 is 2.81 bits per heavy atom. The summed E-state index contributed by atoms with van der Waals surface area (Å²) in [6, 6.07) is 0. The summed E-state index contributed by atoms with van der Waals surface area (Å²) in [6.07, 6.45) is 2.13. The van der Waals surface area contributed by atoms with Gasteiger partial charge in [0, 0.05) is 37.0 Å². The second-order valence-corrected chi connectivity index (χ2v) is 3.52. The van der Waals surface area contributed by atoms with Crippen molar-refractivity contribution in [2.75, 3.05) is 6.54 Å². The van der Waals surface area contributed by atoms with Crippen LogP contribution in [0.1, 0.15) is 21.6 Å². The number of halogens is 3. The summed E-state index contributed by atoms with van der Waals surface area (Å²) in [4.78, 5) is 14.9. The molecule has 0 bridgehead atoms. The summed E-state index contributed by atoms with van der Waals surface area (Å²) < 4.78 is 0. The molecule has 1 aliphatic rings. The molecule has 7 heteroatoms. The van der Waals surface area contributed by atoms with E-state index in [0.717, 1.165) is 24.2 Å². The molecule has 0 aliphatic carbocycles. The van der Waals surface area contributed by atoms with E-state index in [0.29, 0.717) is 11.6 Å². The molecule has 2 heterocycles. The van der Waals surface area contributed by atoms with E-state index in [-0.39, 0.29) is 30.4 Å². The first kappa shape index (κ1) is 15.4. The molecular weight excluding hydrogens is 274 g/mol. The Labute approximate surface area is 110 Å². The highest BCUT2D eigenvalue weighted by molar-refractivity contribution is 6.34. The van der Waals surface area contributed by atoms with Gasteiger partial charge in [-0.1, -0.05) is 11.6 Å². The predicted molar refractivity (Wildman–Crippen MR) is 66.1 cm³/mol. The Balaban J connectivity index is 0.00000112. The number of nitrogens with one attached hydrogen (secondary N) is 1. The lowest BCUT2D eigenvalue weighted by Gasteiger charge is -2.17. The maximum Gasteiger partial charge on any atom is 0.338 e. The quantitative estimate of drug-likeness (QED) is 0.827. The van der Waals surface area contributed by atoms with Gasteiger partial charge in [-0.15, -0.1) is 24.8 Å². The van der Waals surface area contributed by atoms with Crippen molar-refractivity contribution in [3.8, 4) is 0 Å². The lowest BCUT2D eigenvalue weighted by atomic mass is 10.1. The minimum absolute atomic E-state index is 0. The molecule has 0 amide bonds. The number of fused-ring (bicyclic) bond motifs is 1. The van der Waals surface area contributed by atoms with Crippen molar-refractivity contribution in [1.82, 2.24) is 10.3 Å². The number of nitrogens with zero attached hydrogens (tertiary/aromatic N) is 1. The number of hydrogen-bond acceptors (Lipinski definition) is 3. The van der Waals surface area contributed by atoms with Gasteiger partial charge in [-0.05, 0) is 0 Å². The molecule has 1 aliphatic heterocycles. The summed E-state index contributed by atoms with van der Waals surface area (Å²) in [7, 11) is 0. The van der Waals surface area contributed by atoms with Gasteiger partial charge in [-0.25, -0.2) is 4.79 Å². The van der Waals surface area contributed by atoms with Crippen LogP contribution in [0.2, 0.25) is 5.02 Å². The minimum atomic E-state index is -1.03. The van der Waals surface area contributed by atoms with E-state index in [9.17, 15) is 4.79 Å². The van der Waals surface area contributed by atoms with E-state index in [1.165, 1.54) is 6.20 Å². The Morgan fingerprint density at radius 2 is 2.19 bits per heavy atom. The molecule has 0 spiro atoms. The molecule has 0 atom stereocenters. The topological polar surface area (TPSA) is 62.2 Å². The van der Waals surface area contributed by atoms with E-state index < -0.39 is 5.97 Å². The number of aromatic carboxylic acids is 1. The first-order valence-electron chi connectivity index (χ1n) is 4.30. The van der Waals surface area contributed by atoms with Gasteiger partial charge in [0.05, 0.1) is 10.6 Å². The van der Waals surface area contributed by atoms with Crippen molar-refractivity contribution in [1.29, 1.82) is 0 Å². The Kier molecular flexibility index (Phi) is 6.04. The van der Waals surface area contributed by atoms with Crippen LogP contribution < -0.4 is 5.32 Å². The van der Waals surface area contributed by atoms with Gasteiger partial charge in [0.2, 0.25) is 0 Å². The van der Waals surface area contributed by atoms with Crippen molar-refractivity contribution < 1.29 is 9.90 Å². The Bertz CT molecular complexity index is 399. The van der Waals surface area contributed by atoms with Crippen molar-refractivity contribution in [3.05, 3.63) is 28.0 Å². The van der Waals surface area contributed by atoms with Crippen LogP contribution in [0.15, 0.2) is 6.20 Å². The van der Waals surface area contributed by atoms with Gasteiger partial charge in [0.1, 0.15) is 0 Å². The lowest BCUT2D eigenvalue weighted by molar-refractivity contribution is 0.0696. The average Bonchev–Trinajstić information content (AvgIpc) is 2.18. The molecule has 4 nitrogen and oxygen atoms in total. The number of hydrogen-bond donors (Lipinski definition) is 2. The molecule has 0 radical (unpaired) electrons. The average molecular weight is 286 g/mol. The van der Waals surface area contributed by atoms with E-state index in [1.807, 2.05) is 0 Å². The van der Waals surface area contributed by atoms with Crippen LogP contribution >= 0.6 is 36.4 Å². The van der Waals surface area contributed by atoms with Crippen LogP contribution in [0, 0.1) is 0 Å². The van der Waals surface area contributed by atoms with Gasteiger partial charge in [0.25, 0.3) is 0 Å². The maximum atomic E-state index is 10.8. The number of carbonyl (C=O) groups is 1. The summed E-state index contributed by atoms with van der Waals surface area (Å²) in [6.45, 7) is 1.46. The highest BCUT2D eigenvalue weighted by Crippen LogP contribution is 2.24. The second-order valence-electron chi connectivity index (χ2n) is 3.14. The van der Waals surface area contributed by atoms with Crippen molar-refractivity contribution in [3.63, 3.8) is 0 Å². The van der Waals surface area contributed by atoms with E-state index in [4.69, 9.17) is 16.7 Å². The molecule has 1 aromatic rings. The highest BCUT2D eigenvalue weighted by Gasteiger charge is 2.19. The van der Waals surface area contributed by atoms with Crippen LogP contribution in [-0.2, 0) is 13.0 Å². The molecule has 2 N–H and O–H groups in total. The van der Waals surface area contributed by atoms with Gasteiger partial charge >= 0.3 is 5.97 Å². The van der Waals surface area contributed by atoms with Crippen LogP contribution in [0.5, 0.6) is 0 Å². The van der Waals surface area contributed by atoms with Gasteiger partial charge in [-0.3, -0.25) is 4.98 Å². The molecule has 1 aromatic heterocycles. The van der Waals surface area contributed by atoms with Crippen molar-refractivity contribution >= 4 is 42.4 Å². The summed E-state index contributed by atoms with van der Waals surface area (Å²) in [5.74, 6) is -1.03. The molecular formula is C9H11Cl3N2O2. The Hall–Kier alpha value is -0.550. The lowest BCUT2D eigenvalue weighted by Crippen LogP contribution is -2.25. The molecule has 0 unspecified atom stereocenters. The number of rotatable bonds is 1. The number of aromatic nitrogens is 1. The van der Waals surface area contributed by atoms with Crippen LogP contribution in [0.4, 0.5) is 0 Å². The van der Waals surface area contributed by atoms with Gasteiger partial charge in [-0.2, -0.15) is 0 Å². The number of carboxylic acid groups (broad SMARTS) is 1. The number of pyridine rings is 1. The van der Waals surface area contributed by atoms with E-state index in [1.54, 1.807) is 0 Å². The molecule has 16 heavy (non-hydrogen) atoms. The van der Waals surface area contributed by atoms with Crippen LogP contribution in [0.3, 0.4) is 0 Å². The van der Waals surface area contributed by atoms with Crippen LogP contribution in [-0.4, -0.2) is 22.6 Å². The molecule has 0 fully saturated rings. The fourth-order valence-corrected chi connectivity index (χ4v) is 1.84. The smallest absolute Gasteiger partial charge is 0.338 e. The van der Waals surface area contributed by atoms with Crippen LogP contribution in [0.25, 0.3) is 0 Å². The monoisotopic (exact) mass is 284 g/mol. The SMILES string of the molecule is Cl.Cl.O=C(O)c1cnc2c(c1Cl)CNCC2. The highest BCUT2D eigenvalue weighted by atomic mass is 35.5. The summed E-state index contributed by atoms with van der Waals surface area (Å²) in [5.41, 5.74) is 1.80. The van der Waals surface area contributed by atoms with Gasteiger partial charge < -0.3 is 10.4 Å². The molecule has 0 saturated carbocycles. The van der Waals surface area contributed by atoms with E-state index >= 15 is 0 Å². The largest absolute Gasteiger partial charge is 0.478 e. The second kappa shape index (κ2) is 6.25. The predicted octanol–water partition coefficient (Wildman–Crippen LogP) is 1.92. The molecule has 0 aromatic carbocycles. The first-order chi connectivity index (χ1) is 6.70. The fraction of sp³-hybridized carbons (Fsp3) is 0.333. The normalized spacial score (nSPS) is 13.1. The maximum absolute atomic E-state index is 10.8. The zero-order chi connectivity index (χ0) is 10.1.